The van der Waals surface area contributed by atoms with E-state index in [1.807, 2.05) is 60.4 Å². The minimum Gasteiger partial charge on any atom is -0.455 e. The Labute approximate surface area is 166 Å². The largest absolute Gasteiger partial charge is 0.455 e. The molecule has 0 spiro atoms. The predicted octanol–water partition coefficient (Wildman–Crippen LogP) is 3.30. The van der Waals surface area contributed by atoms with Gasteiger partial charge in [-0.3, -0.25) is 4.90 Å². The van der Waals surface area contributed by atoms with E-state index < -0.39 is 0 Å². The van der Waals surface area contributed by atoms with Crippen LogP contribution in [0.2, 0.25) is 0 Å². The van der Waals surface area contributed by atoms with Gasteiger partial charge in [0, 0.05) is 38.8 Å². The number of anilines is 1. The molecule has 0 saturated carbocycles. The maximum Gasteiger partial charge on any atom is 0.322 e. The number of aryl methyl sites for hydroxylation is 1. The lowest BCUT2D eigenvalue weighted by atomic mass is 10.2. The van der Waals surface area contributed by atoms with Gasteiger partial charge in [0.1, 0.15) is 5.75 Å². The van der Waals surface area contributed by atoms with Crippen LogP contribution >= 0.6 is 0 Å². The Morgan fingerprint density at radius 1 is 1.11 bits per heavy atom. The van der Waals surface area contributed by atoms with E-state index in [0.717, 1.165) is 50.6 Å². The second-order valence-corrected chi connectivity index (χ2v) is 7.51. The van der Waals surface area contributed by atoms with E-state index in [1.54, 1.807) is 0 Å². The van der Waals surface area contributed by atoms with Crippen LogP contribution in [0.1, 0.15) is 12.0 Å². The number of nitrogens with one attached hydrogen (secondary N) is 2. The number of piperazine rings is 1. The van der Waals surface area contributed by atoms with Gasteiger partial charge in [-0.25, -0.2) is 4.79 Å². The summed E-state index contributed by atoms with van der Waals surface area (Å²) in [5.41, 5.74) is 1.82. The zero-order valence-corrected chi connectivity index (χ0v) is 16.4. The number of urea groups is 1. The van der Waals surface area contributed by atoms with Gasteiger partial charge in [0.05, 0.1) is 5.69 Å². The van der Waals surface area contributed by atoms with Crippen molar-refractivity contribution in [3.05, 3.63) is 54.1 Å². The molecule has 28 heavy (non-hydrogen) atoms. The molecule has 0 radical (unpaired) electrons. The number of nitrogens with zero attached hydrogens (tertiary/aromatic N) is 2. The number of amides is 2. The topological polar surface area (TPSA) is 56.8 Å². The normalized spacial score (nSPS) is 20.2. The van der Waals surface area contributed by atoms with Crippen LogP contribution in [0.15, 0.2) is 48.5 Å². The van der Waals surface area contributed by atoms with Gasteiger partial charge in [0.15, 0.2) is 5.75 Å². The van der Waals surface area contributed by atoms with Crippen LogP contribution in [-0.2, 0) is 0 Å². The minimum absolute atomic E-state index is 0.0653. The summed E-state index contributed by atoms with van der Waals surface area (Å²) in [5.74, 6) is 1.41. The van der Waals surface area contributed by atoms with E-state index in [4.69, 9.17) is 4.74 Å². The third-order valence-corrected chi connectivity index (χ3v) is 5.50. The van der Waals surface area contributed by atoms with Crippen molar-refractivity contribution < 1.29 is 9.53 Å². The molecule has 148 valence electrons. The molecular formula is C22H28N4O2. The molecule has 2 aromatic rings. The molecule has 6 nitrogen and oxygen atoms in total. The predicted molar refractivity (Wildman–Crippen MR) is 111 cm³/mol. The van der Waals surface area contributed by atoms with Crippen molar-refractivity contribution in [2.24, 2.45) is 0 Å². The lowest BCUT2D eigenvalue weighted by Crippen LogP contribution is -2.53. The molecule has 1 atom stereocenters. The Kier molecular flexibility index (Phi) is 5.78. The highest BCUT2D eigenvalue weighted by atomic mass is 16.5. The summed E-state index contributed by atoms with van der Waals surface area (Å²) >= 11 is 0. The van der Waals surface area contributed by atoms with Crippen LogP contribution < -0.4 is 15.4 Å². The fourth-order valence-corrected chi connectivity index (χ4v) is 3.90. The summed E-state index contributed by atoms with van der Waals surface area (Å²) < 4.78 is 6.01. The molecule has 0 aromatic heterocycles. The fourth-order valence-electron chi connectivity index (χ4n) is 3.90. The van der Waals surface area contributed by atoms with Crippen molar-refractivity contribution in [2.75, 3.05) is 44.6 Å². The van der Waals surface area contributed by atoms with E-state index in [0.29, 0.717) is 17.5 Å². The highest BCUT2D eigenvalue weighted by Gasteiger charge is 2.28. The van der Waals surface area contributed by atoms with Gasteiger partial charge in [0.2, 0.25) is 0 Å². The van der Waals surface area contributed by atoms with Crippen molar-refractivity contribution in [3.63, 3.8) is 0 Å². The van der Waals surface area contributed by atoms with Gasteiger partial charge < -0.3 is 20.3 Å². The number of ether oxygens (including phenoxy) is 1. The Hall–Kier alpha value is -2.57. The molecule has 2 amide bonds. The Morgan fingerprint density at radius 3 is 2.68 bits per heavy atom. The smallest absolute Gasteiger partial charge is 0.322 e. The summed E-state index contributed by atoms with van der Waals surface area (Å²) in [7, 11) is 0. The van der Waals surface area contributed by atoms with E-state index in [2.05, 4.69) is 15.5 Å². The van der Waals surface area contributed by atoms with Crippen LogP contribution in [0.5, 0.6) is 11.5 Å². The molecule has 2 heterocycles. The average Bonchev–Trinajstić information content (AvgIpc) is 3.24. The first kappa shape index (κ1) is 18.8. The van der Waals surface area contributed by atoms with Crippen LogP contribution in [0.3, 0.4) is 0 Å². The lowest BCUT2D eigenvalue weighted by Gasteiger charge is -2.37. The van der Waals surface area contributed by atoms with Crippen molar-refractivity contribution in [2.45, 2.75) is 19.4 Å². The second kappa shape index (κ2) is 8.63. The Balaban J connectivity index is 1.37. The van der Waals surface area contributed by atoms with Gasteiger partial charge in [-0.2, -0.15) is 0 Å². The molecule has 2 N–H and O–H groups in total. The molecule has 2 aliphatic rings. The number of benzene rings is 2. The van der Waals surface area contributed by atoms with Crippen molar-refractivity contribution in [1.82, 2.24) is 15.1 Å². The van der Waals surface area contributed by atoms with Gasteiger partial charge in [-0.1, -0.05) is 24.3 Å². The minimum atomic E-state index is -0.0653. The Bertz CT molecular complexity index is 812. The lowest BCUT2D eigenvalue weighted by molar-refractivity contribution is 0.119. The SMILES string of the molecule is Cc1cccc(Oc2ccccc2NC(=O)N2CCN([C@@H]3CCNC3)CC2)c1. The first-order chi connectivity index (χ1) is 13.7. The second-order valence-electron chi connectivity index (χ2n) is 7.51. The number of carbonyl (C=O) groups is 1. The molecule has 2 aromatic carbocycles. The number of hydrogen-bond donors (Lipinski definition) is 2. The van der Waals surface area contributed by atoms with Crippen molar-refractivity contribution in [1.29, 1.82) is 0 Å². The molecule has 0 aliphatic carbocycles. The quantitative estimate of drug-likeness (QED) is 0.855. The van der Waals surface area contributed by atoms with Gasteiger partial charge in [0.25, 0.3) is 0 Å². The van der Waals surface area contributed by atoms with Crippen molar-refractivity contribution >= 4 is 11.7 Å². The van der Waals surface area contributed by atoms with Crippen LogP contribution in [-0.4, -0.2) is 61.1 Å². The molecule has 2 aliphatic heterocycles. The highest BCUT2D eigenvalue weighted by Crippen LogP contribution is 2.30. The third kappa shape index (κ3) is 4.46. The first-order valence-corrected chi connectivity index (χ1v) is 10.0. The summed E-state index contributed by atoms with van der Waals surface area (Å²) in [6.45, 7) is 7.57. The monoisotopic (exact) mass is 380 g/mol. The standard InChI is InChI=1S/C22H28N4O2/c1-17-5-4-6-19(15-17)28-21-8-3-2-7-20(21)24-22(27)26-13-11-25(12-14-26)18-9-10-23-16-18/h2-8,15,18,23H,9-14,16H2,1H3,(H,24,27)/t18-/m1/s1. The summed E-state index contributed by atoms with van der Waals surface area (Å²) in [6, 6.07) is 16.0. The van der Waals surface area contributed by atoms with Crippen LogP contribution in [0.4, 0.5) is 10.5 Å². The average molecular weight is 380 g/mol. The fraction of sp³-hybridized carbons (Fsp3) is 0.409. The number of rotatable bonds is 4. The summed E-state index contributed by atoms with van der Waals surface area (Å²) in [5, 5.41) is 6.45. The Morgan fingerprint density at radius 2 is 1.93 bits per heavy atom. The number of carbonyl (C=O) groups excluding carboxylic acids is 1. The summed E-state index contributed by atoms with van der Waals surface area (Å²) in [6.07, 6.45) is 1.20. The first-order valence-electron chi connectivity index (χ1n) is 10.0. The van der Waals surface area contributed by atoms with Crippen LogP contribution in [0, 0.1) is 6.92 Å². The zero-order chi connectivity index (χ0) is 19.3. The van der Waals surface area contributed by atoms with E-state index in [9.17, 15) is 4.79 Å². The van der Waals surface area contributed by atoms with E-state index in [-0.39, 0.29) is 6.03 Å². The third-order valence-electron chi connectivity index (χ3n) is 5.50. The molecular weight excluding hydrogens is 352 g/mol. The molecule has 0 unspecified atom stereocenters. The van der Waals surface area contributed by atoms with E-state index >= 15 is 0 Å². The maximum absolute atomic E-state index is 12.8. The molecule has 6 heteroatoms. The number of hydrogen-bond acceptors (Lipinski definition) is 4. The van der Waals surface area contributed by atoms with Crippen LogP contribution in [0.25, 0.3) is 0 Å². The maximum atomic E-state index is 12.8. The van der Waals surface area contributed by atoms with Gasteiger partial charge >= 0.3 is 6.03 Å². The molecule has 2 saturated heterocycles. The van der Waals surface area contributed by atoms with Gasteiger partial charge in [-0.15, -0.1) is 0 Å². The molecule has 0 bridgehead atoms. The summed E-state index contributed by atoms with van der Waals surface area (Å²) in [4.78, 5) is 17.2. The van der Waals surface area contributed by atoms with Crippen molar-refractivity contribution in [3.8, 4) is 11.5 Å². The molecule has 4 rings (SSSR count). The number of para-hydroxylation sites is 2. The highest BCUT2D eigenvalue weighted by molar-refractivity contribution is 5.91. The molecule has 2 fully saturated rings. The van der Waals surface area contributed by atoms with Gasteiger partial charge in [-0.05, 0) is 49.7 Å². The van der Waals surface area contributed by atoms with E-state index in [1.165, 1.54) is 6.42 Å². The zero-order valence-electron chi connectivity index (χ0n) is 16.4.